The molecule has 0 heterocycles. The van der Waals surface area contributed by atoms with Gasteiger partial charge >= 0.3 is 0 Å². The van der Waals surface area contributed by atoms with E-state index < -0.39 is 0 Å². The van der Waals surface area contributed by atoms with Gasteiger partial charge in [0.25, 0.3) is 0 Å². The first-order chi connectivity index (χ1) is 8.54. The van der Waals surface area contributed by atoms with Crippen molar-refractivity contribution in [2.75, 3.05) is 14.2 Å². The van der Waals surface area contributed by atoms with E-state index in [1.807, 2.05) is 31.2 Å². The molecule has 1 unspecified atom stereocenters. The molecular weight excluding hydrogens is 228 g/mol. The van der Waals surface area contributed by atoms with E-state index in [1.165, 1.54) is 0 Å². The average molecular weight is 250 g/mol. The largest absolute Gasteiger partial charge is 0.496 e. The van der Waals surface area contributed by atoms with E-state index in [-0.39, 0.29) is 11.9 Å². The molecule has 1 amide bonds. The van der Waals surface area contributed by atoms with Crippen LogP contribution in [0.25, 0.3) is 0 Å². The first-order valence-electron chi connectivity index (χ1n) is 6.16. The molecule has 18 heavy (non-hydrogen) atoms. The molecule has 0 aliphatic carbocycles. The molecule has 4 nitrogen and oxygen atoms in total. The third-order valence-electron chi connectivity index (χ3n) is 2.84. The summed E-state index contributed by atoms with van der Waals surface area (Å²) in [7, 11) is 3.44. The summed E-state index contributed by atoms with van der Waals surface area (Å²) in [5.74, 6) is 0.919. The van der Waals surface area contributed by atoms with E-state index in [9.17, 15) is 4.79 Å². The fraction of sp³-hybridized carbons (Fsp3) is 0.500. The number of carbonyl (C=O) groups is 1. The number of carbonyl (C=O) groups excluding carboxylic acids is 1. The molecule has 0 saturated carbocycles. The van der Waals surface area contributed by atoms with Crippen molar-refractivity contribution in [3.05, 3.63) is 29.8 Å². The lowest BCUT2D eigenvalue weighted by Crippen LogP contribution is -2.28. The van der Waals surface area contributed by atoms with Gasteiger partial charge in [-0.05, 0) is 19.4 Å². The predicted octanol–water partition coefficient (Wildman–Crippen LogP) is 1.78. The van der Waals surface area contributed by atoms with Crippen LogP contribution in [0.5, 0.6) is 5.75 Å². The fourth-order valence-electron chi connectivity index (χ4n) is 1.72. The Balaban J connectivity index is 2.58. The maximum absolute atomic E-state index is 11.9. The molecule has 1 rings (SSSR count). The highest BCUT2D eigenvalue weighted by Gasteiger charge is 2.12. The molecule has 0 bridgehead atoms. The van der Waals surface area contributed by atoms with Crippen molar-refractivity contribution in [3.63, 3.8) is 0 Å². The van der Waals surface area contributed by atoms with E-state index in [4.69, 9.17) is 10.5 Å². The summed E-state index contributed by atoms with van der Waals surface area (Å²) in [6, 6.07) is 7.79. The van der Waals surface area contributed by atoms with Gasteiger partial charge < -0.3 is 15.4 Å². The van der Waals surface area contributed by atoms with Gasteiger partial charge in [0.1, 0.15) is 5.75 Å². The van der Waals surface area contributed by atoms with Crippen LogP contribution in [-0.4, -0.2) is 31.0 Å². The van der Waals surface area contributed by atoms with E-state index in [0.717, 1.165) is 17.7 Å². The Morgan fingerprint density at radius 3 is 2.72 bits per heavy atom. The van der Waals surface area contributed by atoms with Gasteiger partial charge in [0, 0.05) is 31.6 Å². The number of benzene rings is 1. The van der Waals surface area contributed by atoms with E-state index in [2.05, 4.69) is 0 Å². The zero-order chi connectivity index (χ0) is 13.5. The van der Waals surface area contributed by atoms with Crippen molar-refractivity contribution < 1.29 is 9.53 Å². The van der Waals surface area contributed by atoms with Crippen LogP contribution in [0.4, 0.5) is 0 Å². The predicted molar refractivity (Wildman–Crippen MR) is 72.4 cm³/mol. The SMILES string of the molecule is COc1ccccc1CN(C)C(=O)CCC(C)N. The number of methoxy groups -OCH3 is 1. The summed E-state index contributed by atoms with van der Waals surface area (Å²) >= 11 is 0. The highest BCUT2D eigenvalue weighted by atomic mass is 16.5. The Morgan fingerprint density at radius 1 is 1.44 bits per heavy atom. The summed E-state index contributed by atoms with van der Waals surface area (Å²) in [6.45, 7) is 2.47. The van der Waals surface area contributed by atoms with Crippen LogP contribution in [0.2, 0.25) is 0 Å². The zero-order valence-corrected chi connectivity index (χ0v) is 11.3. The van der Waals surface area contributed by atoms with E-state index >= 15 is 0 Å². The minimum Gasteiger partial charge on any atom is -0.496 e. The maximum Gasteiger partial charge on any atom is 0.222 e. The molecule has 0 aromatic heterocycles. The minimum absolute atomic E-state index is 0.0635. The molecule has 0 saturated heterocycles. The Labute approximate surface area is 109 Å². The Morgan fingerprint density at radius 2 is 2.11 bits per heavy atom. The summed E-state index contributed by atoms with van der Waals surface area (Å²) < 4.78 is 5.27. The first kappa shape index (κ1) is 14.5. The highest BCUT2D eigenvalue weighted by Crippen LogP contribution is 2.19. The topological polar surface area (TPSA) is 55.6 Å². The van der Waals surface area contributed by atoms with Crippen molar-refractivity contribution in [1.29, 1.82) is 0 Å². The van der Waals surface area contributed by atoms with E-state index in [0.29, 0.717) is 13.0 Å². The number of amides is 1. The van der Waals surface area contributed by atoms with Crippen molar-refractivity contribution in [2.24, 2.45) is 5.73 Å². The average Bonchev–Trinajstić information content (AvgIpc) is 2.36. The maximum atomic E-state index is 11.9. The first-order valence-corrected chi connectivity index (χ1v) is 6.16. The summed E-state index contributed by atoms with van der Waals surface area (Å²) in [5.41, 5.74) is 6.66. The second-order valence-corrected chi connectivity index (χ2v) is 4.58. The summed E-state index contributed by atoms with van der Waals surface area (Å²) in [6.07, 6.45) is 1.21. The zero-order valence-electron chi connectivity index (χ0n) is 11.3. The number of para-hydroxylation sites is 1. The number of ether oxygens (including phenoxy) is 1. The van der Waals surface area contributed by atoms with Crippen LogP contribution in [0.3, 0.4) is 0 Å². The second kappa shape index (κ2) is 7.01. The molecular formula is C14H22N2O2. The number of hydrogen-bond acceptors (Lipinski definition) is 3. The van der Waals surface area contributed by atoms with Gasteiger partial charge in [-0.2, -0.15) is 0 Å². The van der Waals surface area contributed by atoms with Crippen LogP contribution >= 0.6 is 0 Å². The van der Waals surface area contributed by atoms with Crippen molar-refractivity contribution in [1.82, 2.24) is 4.90 Å². The third kappa shape index (κ3) is 4.37. The highest BCUT2D eigenvalue weighted by molar-refractivity contribution is 5.75. The van der Waals surface area contributed by atoms with Gasteiger partial charge in [0.15, 0.2) is 0 Å². The van der Waals surface area contributed by atoms with Crippen molar-refractivity contribution >= 4 is 5.91 Å². The standard InChI is InChI=1S/C14H22N2O2/c1-11(15)8-9-14(17)16(2)10-12-6-4-5-7-13(12)18-3/h4-7,11H,8-10,15H2,1-3H3. The fourth-order valence-corrected chi connectivity index (χ4v) is 1.72. The third-order valence-corrected chi connectivity index (χ3v) is 2.84. The Hall–Kier alpha value is -1.55. The number of nitrogens with two attached hydrogens (primary N) is 1. The lowest BCUT2D eigenvalue weighted by Gasteiger charge is -2.19. The molecule has 0 fully saturated rings. The molecule has 1 atom stereocenters. The molecule has 1 aromatic rings. The van der Waals surface area contributed by atoms with Crippen LogP contribution in [0.15, 0.2) is 24.3 Å². The van der Waals surface area contributed by atoms with Crippen LogP contribution in [-0.2, 0) is 11.3 Å². The molecule has 4 heteroatoms. The van der Waals surface area contributed by atoms with Crippen LogP contribution in [0.1, 0.15) is 25.3 Å². The molecule has 2 N–H and O–H groups in total. The van der Waals surface area contributed by atoms with Gasteiger partial charge in [-0.15, -0.1) is 0 Å². The van der Waals surface area contributed by atoms with Gasteiger partial charge in [-0.1, -0.05) is 18.2 Å². The van der Waals surface area contributed by atoms with Crippen molar-refractivity contribution in [3.8, 4) is 5.75 Å². The molecule has 0 aliphatic rings. The molecule has 0 radical (unpaired) electrons. The van der Waals surface area contributed by atoms with Gasteiger partial charge in [0.05, 0.1) is 7.11 Å². The smallest absolute Gasteiger partial charge is 0.222 e. The normalized spacial score (nSPS) is 12.0. The van der Waals surface area contributed by atoms with Gasteiger partial charge in [0.2, 0.25) is 5.91 Å². The Kier molecular flexibility index (Phi) is 5.65. The molecule has 0 spiro atoms. The second-order valence-electron chi connectivity index (χ2n) is 4.58. The monoisotopic (exact) mass is 250 g/mol. The quantitative estimate of drug-likeness (QED) is 0.837. The lowest BCUT2D eigenvalue weighted by molar-refractivity contribution is -0.130. The molecule has 1 aromatic carbocycles. The molecule has 100 valence electrons. The number of hydrogen-bond donors (Lipinski definition) is 1. The number of rotatable bonds is 6. The minimum atomic E-state index is 0.0635. The van der Waals surface area contributed by atoms with Crippen molar-refractivity contribution in [2.45, 2.75) is 32.4 Å². The van der Waals surface area contributed by atoms with Crippen LogP contribution in [0, 0.1) is 0 Å². The molecule has 0 aliphatic heterocycles. The Bertz CT molecular complexity index is 391. The van der Waals surface area contributed by atoms with E-state index in [1.54, 1.807) is 19.1 Å². The summed E-state index contributed by atoms with van der Waals surface area (Å²) in [4.78, 5) is 13.6. The van der Waals surface area contributed by atoms with Crippen LogP contribution < -0.4 is 10.5 Å². The summed E-state index contributed by atoms with van der Waals surface area (Å²) in [5, 5.41) is 0. The lowest BCUT2D eigenvalue weighted by atomic mass is 10.1. The number of nitrogens with zero attached hydrogens (tertiary/aromatic N) is 1. The van der Waals surface area contributed by atoms with Gasteiger partial charge in [-0.25, -0.2) is 0 Å². The van der Waals surface area contributed by atoms with Gasteiger partial charge in [-0.3, -0.25) is 4.79 Å².